The molecule has 2 aromatic carbocycles. The zero-order valence-corrected chi connectivity index (χ0v) is 16.5. The van der Waals surface area contributed by atoms with Gasteiger partial charge in [-0.25, -0.2) is 0 Å². The standard InChI is InChI=1S/C20H17N5O4S/c26-24(27)16-7-3-14(4-8-16)19-18-2-1-11-22(18)12-13-23(19)20(30)21-15-5-9-17(10-6-15)25(28)29/h1-11,19H,12-13H2,(H,21,30). The molecule has 10 heteroatoms. The molecule has 2 heterocycles. The molecule has 1 atom stereocenters. The Morgan fingerprint density at radius 3 is 2.13 bits per heavy atom. The fourth-order valence-corrected chi connectivity index (χ4v) is 3.91. The number of nitrogens with zero attached hydrogens (tertiary/aromatic N) is 4. The zero-order chi connectivity index (χ0) is 21.3. The van der Waals surface area contributed by atoms with E-state index >= 15 is 0 Å². The first-order valence-corrected chi connectivity index (χ1v) is 9.56. The van der Waals surface area contributed by atoms with E-state index in [-0.39, 0.29) is 17.4 Å². The maximum atomic E-state index is 11.0. The third-order valence-electron chi connectivity index (χ3n) is 5.05. The van der Waals surface area contributed by atoms with Crippen LogP contribution in [0, 0.1) is 20.2 Å². The van der Waals surface area contributed by atoms with Gasteiger partial charge in [-0.3, -0.25) is 20.2 Å². The van der Waals surface area contributed by atoms with E-state index in [0.717, 1.165) is 17.8 Å². The molecule has 9 nitrogen and oxygen atoms in total. The summed E-state index contributed by atoms with van der Waals surface area (Å²) in [5.74, 6) is 0. The van der Waals surface area contributed by atoms with E-state index in [1.807, 2.05) is 23.2 Å². The van der Waals surface area contributed by atoms with Crippen molar-refractivity contribution in [3.8, 4) is 0 Å². The molecule has 0 saturated carbocycles. The van der Waals surface area contributed by atoms with E-state index in [9.17, 15) is 20.2 Å². The Bertz CT molecular complexity index is 1110. The molecule has 1 N–H and O–H groups in total. The molecule has 0 spiro atoms. The van der Waals surface area contributed by atoms with Crippen LogP contribution >= 0.6 is 12.2 Å². The molecule has 1 aliphatic rings. The second-order valence-electron chi connectivity index (χ2n) is 6.81. The topological polar surface area (TPSA) is 106 Å². The van der Waals surface area contributed by atoms with Crippen LogP contribution in [-0.4, -0.2) is 31.0 Å². The maximum absolute atomic E-state index is 11.0. The second-order valence-corrected chi connectivity index (χ2v) is 7.19. The number of benzene rings is 2. The van der Waals surface area contributed by atoms with E-state index in [0.29, 0.717) is 17.3 Å². The number of nitrogens with one attached hydrogen (secondary N) is 1. The van der Waals surface area contributed by atoms with Gasteiger partial charge in [-0.2, -0.15) is 0 Å². The highest BCUT2D eigenvalue weighted by molar-refractivity contribution is 7.80. The lowest BCUT2D eigenvalue weighted by molar-refractivity contribution is -0.385. The fourth-order valence-electron chi connectivity index (χ4n) is 3.59. The molecule has 1 aromatic heterocycles. The number of nitro groups is 2. The van der Waals surface area contributed by atoms with Gasteiger partial charge in [0.05, 0.1) is 15.9 Å². The number of anilines is 1. The van der Waals surface area contributed by atoms with Gasteiger partial charge in [0, 0.05) is 54.9 Å². The molecule has 30 heavy (non-hydrogen) atoms. The monoisotopic (exact) mass is 423 g/mol. The minimum Gasteiger partial charge on any atom is -0.348 e. The number of nitro benzene ring substituents is 2. The first-order valence-electron chi connectivity index (χ1n) is 9.15. The Balaban J connectivity index is 1.62. The molecule has 1 unspecified atom stereocenters. The summed E-state index contributed by atoms with van der Waals surface area (Å²) in [7, 11) is 0. The smallest absolute Gasteiger partial charge is 0.269 e. The van der Waals surface area contributed by atoms with Gasteiger partial charge in [0.1, 0.15) is 0 Å². The van der Waals surface area contributed by atoms with Crippen LogP contribution in [0.15, 0.2) is 66.9 Å². The lowest BCUT2D eigenvalue weighted by Gasteiger charge is -2.39. The maximum Gasteiger partial charge on any atom is 0.269 e. The van der Waals surface area contributed by atoms with Crippen molar-refractivity contribution in [3.63, 3.8) is 0 Å². The molecule has 0 radical (unpaired) electrons. The number of hydrogen-bond acceptors (Lipinski definition) is 5. The van der Waals surface area contributed by atoms with Gasteiger partial charge in [0.25, 0.3) is 11.4 Å². The Morgan fingerprint density at radius 2 is 1.53 bits per heavy atom. The van der Waals surface area contributed by atoms with E-state index in [4.69, 9.17) is 12.2 Å². The third-order valence-corrected chi connectivity index (χ3v) is 5.38. The normalized spacial score (nSPS) is 15.3. The van der Waals surface area contributed by atoms with E-state index in [1.165, 1.54) is 24.3 Å². The van der Waals surface area contributed by atoms with E-state index in [2.05, 4.69) is 9.88 Å². The van der Waals surface area contributed by atoms with Crippen LogP contribution in [0.5, 0.6) is 0 Å². The van der Waals surface area contributed by atoms with Crippen molar-refractivity contribution in [1.82, 2.24) is 9.47 Å². The lowest BCUT2D eigenvalue weighted by Crippen LogP contribution is -2.44. The number of hydrogen-bond donors (Lipinski definition) is 1. The second kappa shape index (κ2) is 7.91. The molecular formula is C20H17N5O4S. The summed E-state index contributed by atoms with van der Waals surface area (Å²) in [6.45, 7) is 1.38. The zero-order valence-electron chi connectivity index (χ0n) is 15.7. The molecule has 4 rings (SSSR count). The van der Waals surface area contributed by atoms with Crippen LogP contribution in [-0.2, 0) is 6.54 Å². The van der Waals surface area contributed by atoms with Gasteiger partial charge in [-0.05, 0) is 54.2 Å². The fraction of sp³-hybridized carbons (Fsp3) is 0.150. The number of non-ortho nitro benzene ring substituents is 2. The first-order chi connectivity index (χ1) is 14.4. The average Bonchev–Trinajstić information content (AvgIpc) is 3.22. The van der Waals surface area contributed by atoms with Crippen molar-refractivity contribution in [3.05, 3.63) is 98.3 Å². The predicted molar refractivity (Wildman–Crippen MR) is 115 cm³/mol. The van der Waals surface area contributed by atoms with Crippen molar-refractivity contribution in [2.45, 2.75) is 12.6 Å². The molecule has 0 amide bonds. The summed E-state index contributed by atoms with van der Waals surface area (Å²) in [4.78, 5) is 23.0. The highest BCUT2D eigenvalue weighted by Crippen LogP contribution is 2.34. The van der Waals surface area contributed by atoms with Crippen molar-refractivity contribution >= 4 is 34.4 Å². The summed E-state index contributed by atoms with van der Waals surface area (Å²) in [5, 5.41) is 25.5. The van der Waals surface area contributed by atoms with E-state index < -0.39 is 9.85 Å². The van der Waals surface area contributed by atoms with Crippen molar-refractivity contribution in [2.75, 3.05) is 11.9 Å². The van der Waals surface area contributed by atoms with Crippen LogP contribution in [0.2, 0.25) is 0 Å². The minimum absolute atomic E-state index is 0.00558. The Labute approximate surface area is 176 Å². The summed E-state index contributed by atoms with van der Waals surface area (Å²) >= 11 is 5.65. The first kappa shape index (κ1) is 19.5. The molecule has 0 aliphatic carbocycles. The van der Waals surface area contributed by atoms with Crippen LogP contribution < -0.4 is 5.32 Å². The average molecular weight is 423 g/mol. The molecule has 152 valence electrons. The molecule has 0 fully saturated rings. The van der Waals surface area contributed by atoms with Crippen molar-refractivity contribution < 1.29 is 9.85 Å². The van der Waals surface area contributed by atoms with Gasteiger partial charge in [0.15, 0.2) is 5.11 Å². The van der Waals surface area contributed by atoms with Gasteiger partial charge in [-0.1, -0.05) is 0 Å². The summed E-state index contributed by atoms with van der Waals surface area (Å²) in [5.41, 5.74) is 2.60. The summed E-state index contributed by atoms with van der Waals surface area (Å²) in [6.07, 6.45) is 2.00. The van der Waals surface area contributed by atoms with Gasteiger partial charge in [0.2, 0.25) is 0 Å². The van der Waals surface area contributed by atoms with Crippen LogP contribution in [0.3, 0.4) is 0 Å². The molecule has 3 aromatic rings. The highest BCUT2D eigenvalue weighted by Gasteiger charge is 2.30. The Hall–Kier alpha value is -3.79. The summed E-state index contributed by atoms with van der Waals surface area (Å²) < 4.78 is 2.14. The number of thiocarbonyl (C=S) groups is 1. The lowest BCUT2D eigenvalue weighted by atomic mass is 10.00. The minimum atomic E-state index is -0.453. The number of rotatable bonds is 4. The molecule has 0 saturated heterocycles. The van der Waals surface area contributed by atoms with Gasteiger partial charge >= 0.3 is 0 Å². The van der Waals surface area contributed by atoms with Crippen molar-refractivity contribution in [2.24, 2.45) is 0 Å². The Kier molecular flexibility index (Phi) is 5.15. The number of fused-ring (bicyclic) bond motifs is 1. The predicted octanol–water partition coefficient (Wildman–Crippen LogP) is 4.11. The quantitative estimate of drug-likeness (QED) is 0.382. The van der Waals surface area contributed by atoms with Crippen LogP contribution in [0.25, 0.3) is 0 Å². The third kappa shape index (κ3) is 3.72. The Morgan fingerprint density at radius 1 is 0.933 bits per heavy atom. The molecule has 1 aliphatic heterocycles. The van der Waals surface area contributed by atoms with Gasteiger partial charge in [-0.15, -0.1) is 0 Å². The van der Waals surface area contributed by atoms with E-state index in [1.54, 1.807) is 24.3 Å². The molecular weight excluding hydrogens is 406 g/mol. The van der Waals surface area contributed by atoms with Gasteiger partial charge < -0.3 is 14.8 Å². The SMILES string of the molecule is O=[N+]([O-])c1ccc(NC(=S)N2CCn3cccc3C2c2ccc([N+](=O)[O-])cc2)cc1. The van der Waals surface area contributed by atoms with Crippen LogP contribution in [0.4, 0.5) is 17.1 Å². The largest absolute Gasteiger partial charge is 0.348 e. The van der Waals surface area contributed by atoms with Crippen LogP contribution in [0.1, 0.15) is 17.3 Å². The number of aromatic nitrogens is 1. The summed E-state index contributed by atoms with van der Waals surface area (Å²) in [6, 6.07) is 16.3. The molecule has 0 bridgehead atoms. The van der Waals surface area contributed by atoms with Crippen molar-refractivity contribution in [1.29, 1.82) is 0 Å². The highest BCUT2D eigenvalue weighted by atomic mass is 32.1.